The molecule has 5 nitrogen and oxygen atoms in total. The van der Waals surface area contributed by atoms with E-state index < -0.39 is 0 Å². The number of carbonyl (C=O) groups is 2. The molecule has 1 rings (SSSR count). The highest BCUT2D eigenvalue weighted by Gasteiger charge is 2.26. The van der Waals surface area contributed by atoms with Crippen LogP contribution in [0.4, 0.5) is 0 Å². The van der Waals surface area contributed by atoms with Crippen LogP contribution in [-0.2, 0) is 9.59 Å². The van der Waals surface area contributed by atoms with E-state index in [1.54, 1.807) is 4.90 Å². The summed E-state index contributed by atoms with van der Waals surface area (Å²) in [6.45, 7) is 5.52. The van der Waals surface area contributed by atoms with Crippen molar-refractivity contribution in [3.05, 3.63) is 0 Å². The molecule has 0 bridgehead atoms. The quantitative estimate of drug-likeness (QED) is 0.714. The predicted molar refractivity (Wildman–Crippen MR) is 92.0 cm³/mol. The highest BCUT2D eigenvalue weighted by molar-refractivity contribution is 5.85. The molecule has 0 aromatic heterocycles. The number of nitrogens with zero attached hydrogens (tertiary/aromatic N) is 1. The van der Waals surface area contributed by atoms with Crippen LogP contribution in [0.3, 0.4) is 0 Å². The zero-order valence-corrected chi connectivity index (χ0v) is 14.8. The van der Waals surface area contributed by atoms with Crippen LogP contribution in [-0.4, -0.2) is 42.4 Å². The van der Waals surface area contributed by atoms with Gasteiger partial charge in [-0.2, -0.15) is 0 Å². The van der Waals surface area contributed by atoms with Gasteiger partial charge in [0.05, 0.1) is 6.54 Å². The monoisotopic (exact) mass is 333 g/mol. The number of nitrogens with one attached hydrogen (secondary N) is 1. The predicted octanol–water partition coefficient (Wildman–Crippen LogP) is 2.08. The number of hydrogen-bond donors (Lipinski definition) is 2. The Morgan fingerprint density at radius 1 is 1.18 bits per heavy atom. The van der Waals surface area contributed by atoms with Gasteiger partial charge in [0.25, 0.3) is 0 Å². The summed E-state index contributed by atoms with van der Waals surface area (Å²) in [7, 11) is 0. The molecule has 0 saturated heterocycles. The largest absolute Gasteiger partial charge is 0.355 e. The van der Waals surface area contributed by atoms with E-state index >= 15 is 0 Å². The molecule has 2 atom stereocenters. The van der Waals surface area contributed by atoms with Crippen molar-refractivity contribution in [1.82, 2.24) is 10.2 Å². The molecular formula is C16H32ClN3O2. The van der Waals surface area contributed by atoms with Gasteiger partial charge in [0.2, 0.25) is 11.8 Å². The van der Waals surface area contributed by atoms with E-state index in [2.05, 4.69) is 5.32 Å². The lowest BCUT2D eigenvalue weighted by molar-refractivity contribution is -0.137. The van der Waals surface area contributed by atoms with Crippen molar-refractivity contribution in [3.8, 4) is 0 Å². The minimum Gasteiger partial charge on any atom is -0.355 e. The minimum atomic E-state index is -0.0633. The second-order valence-corrected chi connectivity index (χ2v) is 6.08. The van der Waals surface area contributed by atoms with E-state index in [4.69, 9.17) is 5.73 Å². The molecule has 6 heteroatoms. The van der Waals surface area contributed by atoms with Gasteiger partial charge in [-0.3, -0.25) is 9.59 Å². The fourth-order valence-corrected chi connectivity index (χ4v) is 2.90. The number of amides is 2. The van der Waals surface area contributed by atoms with Crippen LogP contribution in [0.5, 0.6) is 0 Å². The second-order valence-electron chi connectivity index (χ2n) is 6.08. The zero-order chi connectivity index (χ0) is 15.7. The van der Waals surface area contributed by atoms with Gasteiger partial charge in [-0.15, -0.1) is 12.4 Å². The summed E-state index contributed by atoms with van der Waals surface area (Å²) in [4.78, 5) is 26.0. The summed E-state index contributed by atoms with van der Waals surface area (Å²) in [5, 5.41) is 2.83. The van der Waals surface area contributed by atoms with Crippen LogP contribution in [0.25, 0.3) is 0 Å². The molecule has 1 fully saturated rings. The fourth-order valence-electron chi connectivity index (χ4n) is 2.90. The Balaban J connectivity index is 0.00000441. The van der Waals surface area contributed by atoms with Crippen molar-refractivity contribution < 1.29 is 9.59 Å². The molecule has 3 N–H and O–H groups in total. The molecule has 0 aromatic carbocycles. The molecule has 2 unspecified atom stereocenters. The Bertz CT molecular complexity index is 339. The Kier molecular flexibility index (Phi) is 11.3. The highest BCUT2D eigenvalue weighted by Crippen LogP contribution is 2.26. The number of halogens is 1. The fraction of sp³-hybridized carbons (Fsp3) is 0.875. The van der Waals surface area contributed by atoms with E-state index in [0.717, 1.165) is 32.1 Å². The summed E-state index contributed by atoms with van der Waals surface area (Å²) in [5.74, 6) is 0.293. The lowest BCUT2D eigenvalue weighted by atomic mass is 9.82. The third-order valence-electron chi connectivity index (χ3n) is 4.16. The van der Waals surface area contributed by atoms with Crippen LogP contribution in [0, 0.1) is 5.92 Å². The van der Waals surface area contributed by atoms with Crippen molar-refractivity contribution in [2.24, 2.45) is 11.7 Å². The number of carbonyl (C=O) groups excluding carboxylic acids is 2. The molecule has 1 saturated carbocycles. The van der Waals surface area contributed by atoms with Crippen LogP contribution < -0.4 is 11.1 Å². The van der Waals surface area contributed by atoms with Crippen LogP contribution in [0.15, 0.2) is 0 Å². The molecule has 0 radical (unpaired) electrons. The SMILES string of the molecule is CCCNC(=O)CN(CCC)C(=O)CC1CCCCC1N.Cl. The lowest BCUT2D eigenvalue weighted by Crippen LogP contribution is -2.43. The summed E-state index contributed by atoms with van der Waals surface area (Å²) < 4.78 is 0. The maximum Gasteiger partial charge on any atom is 0.239 e. The van der Waals surface area contributed by atoms with Gasteiger partial charge in [0.15, 0.2) is 0 Å². The lowest BCUT2D eigenvalue weighted by Gasteiger charge is -2.30. The van der Waals surface area contributed by atoms with Crippen LogP contribution in [0.1, 0.15) is 58.8 Å². The summed E-state index contributed by atoms with van der Waals surface area (Å²) >= 11 is 0. The average Bonchev–Trinajstić information content (AvgIpc) is 2.47. The van der Waals surface area contributed by atoms with Gasteiger partial charge in [-0.05, 0) is 31.6 Å². The first-order valence-corrected chi connectivity index (χ1v) is 8.38. The first kappa shape index (κ1) is 21.2. The molecular weight excluding hydrogens is 302 g/mol. The Hall–Kier alpha value is -0.810. The molecule has 0 aliphatic heterocycles. The smallest absolute Gasteiger partial charge is 0.239 e. The molecule has 2 amide bonds. The molecule has 0 heterocycles. The van der Waals surface area contributed by atoms with Gasteiger partial charge < -0.3 is 16.0 Å². The standard InChI is InChI=1S/C16H31N3O2.ClH/c1-3-9-18-15(20)12-19(10-4-2)16(21)11-13-7-5-6-8-14(13)17;/h13-14H,3-12,17H2,1-2H3,(H,18,20);1H. The van der Waals surface area contributed by atoms with Crippen molar-refractivity contribution in [2.45, 2.75) is 64.8 Å². The van der Waals surface area contributed by atoms with E-state index in [1.807, 2.05) is 13.8 Å². The topological polar surface area (TPSA) is 75.4 Å². The van der Waals surface area contributed by atoms with Crippen molar-refractivity contribution in [1.29, 1.82) is 0 Å². The third-order valence-corrected chi connectivity index (χ3v) is 4.16. The van der Waals surface area contributed by atoms with Crippen LogP contribution in [0.2, 0.25) is 0 Å². The van der Waals surface area contributed by atoms with E-state index in [9.17, 15) is 9.59 Å². The highest BCUT2D eigenvalue weighted by atomic mass is 35.5. The third kappa shape index (κ3) is 7.45. The van der Waals surface area contributed by atoms with Crippen molar-refractivity contribution >= 4 is 24.2 Å². The molecule has 22 heavy (non-hydrogen) atoms. The molecule has 1 aliphatic rings. The van der Waals surface area contributed by atoms with Gasteiger partial charge in [0.1, 0.15) is 0 Å². The zero-order valence-electron chi connectivity index (χ0n) is 14.0. The molecule has 0 spiro atoms. The van der Waals surface area contributed by atoms with Crippen molar-refractivity contribution in [3.63, 3.8) is 0 Å². The maximum absolute atomic E-state index is 12.4. The van der Waals surface area contributed by atoms with E-state index in [1.165, 1.54) is 6.42 Å². The summed E-state index contributed by atoms with van der Waals surface area (Å²) in [5.41, 5.74) is 6.12. The van der Waals surface area contributed by atoms with Crippen LogP contribution >= 0.6 is 12.4 Å². The molecule has 0 aromatic rings. The Labute approximate surface area is 140 Å². The van der Waals surface area contributed by atoms with E-state index in [-0.39, 0.29) is 42.7 Å². The summed E-state index contributed by atoms with van der Waals surface area (Å²) in [6, 6.07) is 0.139. The number of rotatable bonds is 8. The Morgan fingerprint density at radius 2 is 1.86 bits per heavy atom. The van der Waals surface area contributed by atoms with Crippen molar-refractivity contribution in [2.75, 3.05) is 19.6 Å². The summed E-state index contributed by atoms with van der Waals surface area (Å²) in [6.07, 6.45) is 6.65. The Morgan fingerprint density at radius 3 is 2.45 bits per heavy atom. The minimum absolute atomic E-state index is 0. The maximum atomic E-state index is 12.4. The van der Waals surface area contributed by atoms with Gasteiger partial charge in [-0.1, -0.05) is 26.7 Å². The molecule has 1 aliphatic carbocycles. The first-order chi connectivity index (χ1) is 10.1. The average molecular weight is 334 g/mol. The second kappa shape index (κ2) is 11.7. The normalized spacial score (nSPS) is 20.9. The van der Waals surface area contributed by atoms with Gasteiger partial charge in [-0.25, -0.2) is 0 Å². The van der Waals surface area contributed by atoms with Gasteiger partial charge in [0, 0.05) is 25.6 Å². The van der Waals surface area contributed by atoms with Gasteiger partial charge >= 0.3 is 0 Å². The van der Waals surface area contributed by atoms with E-state index in [0.29, 0.717) is 19.5 Å². The number of hydrogen-bond acceptors (Lipinski definition) is 3. The molecule has 130 valence electrons. The first-order valence-electron chi connectivity index (χ1n) is 8.38. The number of nitrogens with two attached hydrogens (primary N) is 1.